The first-order valence-corrected chi connectivity index (χ1v) is 16.9. The highest BCUT2D eigenvalue weighted by atomic mass is 32.1. The summed E-state index contributed by atoms with van der Waals surface area (Å²) in [6.07, 6.45) is 1.65. The van der Waals surface area contributed by atoms with Gasteiger partial charge >= 0.3 is 18.2 Å². The quantitative estimate of drug-likeness (QED) is 0.143. The third-order valence-electron chi connectivity index (χ3n) is 6.96. The summed E-state index contributed by atoms with van der Waals surface area (Å²) >= 11 is 1.64. The molecule has 0 aliphatic carbocycles. The van der Waals surface area contributed by atoms with Gasteiger partial charge in [-0.25, -0.2) is 9.59 Å². The predicted molar refractivity (Wildman–Crippen MR) is 188 cm³/mol. The molecule has 0 saturated heterocycles. The lowest BCUT2D eigenvalue weighted by Crippen LogP contribution is -2.39. The summed E-state index contributed by atoms with van der Waals surface area (Å²) in [5.41, 5.74) is 2.24. The summed E-state index contributed by atoms with van der Waals surface area (Å²) in [5.74, 6) is 0.922. The maximum atomic E-state index is 13.0. The van der Waals surface area contributed by atoms with Gasteiger partial charge in [0.15, 0.2) is 5.82 Å². The summed E-state index contributed by atoms with van der Waals surface area (Å²) < 4.78 is 18.3. The lowest BCUT2D eigenvalue weighted by atomic mass is 9.98. The van der Waals surface area contributed by atoms with Crippen molar-refractivity contribution in [3.63, 3.8) is 0 Å². The van der Waals surface area contributed by atoms with Crippen LogP contribution in [0, 0.1) is 20.8 Å². The van der Waals surface area contributed by atoms with E-state index in [1.54, 1.807) is 65.0 Å². The van der Waals surface area contributed by atoms with Gasteiger partial charge in [0.2, 0.25) is 0 Å². The Labute approximate surface area is 292 Å². The lowest BCUT2D eigenvalue weighted by Gasteiger charge is -2.26. The van der Waals surface area contributed by atoms with Crippen molar-refractivity contribution >= 4 is 41.3 Å². The first kappa shape index (κ1) is 37.3. The minimum atomic E-state index is -1.02. The number of hydroxylamine groups is 2. The van der Waals surface area contributed by atoms with Crippen LogP contribution < -0.4 is 0 Å². The summed E-state index contributed by atoms with van der Waals surface area (Å²) in [4.78, 5) is 49.7. The fourth-order valence-electron chi connectivity index (χ4n) is 4.92. The number of aliphatic imine (C=N–C) groups is 1. The summed E-state index contributed by atoms with van der Waals surface area (Å²) in [7, 11) is 0. The average Bonchev–Trinajstić information content (AvgIpc) is 3.42. The number of ether oxygens (including phenoxy) is 3. The van der Waals surface area contributed by atoms with Gasteiger partial charge in [-0.05, 0) is 94.2 Å². The molecule has 13 heteroatoms. The normalized spacial score (nSPS) is 14.8. The van der Waals surface area contributed by atoms with Gasteiger partial charge in [0, 0.05) is 16.0 Å². The van der Waals surface area contributed by atoms with Crippen LogP contribution in [0.2, 0.25) is 0 Å². The number of hydrogen-bond acceptors (Lipinski definition) is 11. The number of amides is 1. The van der Waals surface area contributed by atoms with Crippen LogP contribution in [0.25, 0.3) is 11.1 Å². The Hall–Kier alpha value is -4.52. The van der Waals surface area contributed by atoms with Crippen molar-refractivity contribution in [2.75, 3.05) is 6.54 Å². The number of aromatic nitrogens is 3. The standard InChI is InChI=1S/C36H47N5O7S/c1-21-22(2)49-31-28(21)29(37-26(20-27(42)45-34(4,5)6)30-39-38-23(3)41(30)31)25-17-15-24(16-18-25)14-13-19-40(32(43)46-35(7,8)9)48-33(44)47-36(10,11)12/h13-18,26H,19-20H2,1-12H3/b14-13+/t26-/m0/s1. The molecular weight excluding hydrogens is 646 g/mol. The van der Waals surface area contributed by atoms with E-state index in [9.17, 15) is 14.4 Å². The van der Waals surface area contributed by atoms with Gasteiger partial charge in [0.05, 0.1) is 18.7 Å². The van der Waals surface area contributed by atoms with E-state index in [1.165, 1.54) is 0 Å². The first-order valence-electron chi connectivity index (χ1n) is 16.1. The van der Waals surface area contributed by atoms with E-state index in [0.29, 0.717) is 11.6 Å². The Bertz CT molecular complexity index is 1770. The van der Waals surface area contributed by atoms with Gasteiger partial charge in [0.25, 0.3) is 0 Å². The zero-order valence-electron chi connectivity index (χ0n) is 30.5. The third-order valence-corrected chi connectivity index (χ3v) is 8.15. The maximum Gasteiger partial charge on any atom is 0.534 e. The number of nitrogens with zero attached hydrogens (tertiary/aromatic N) is 5. The molecule has 0 saturated carbocycles. The third kappa shape index (κ3) is 9.78. The number of benzene rings is 1. The van der Waals surface area contributed by atoms with Crippen LogP contribution in [0.1, 0.15) is 114 Å². The molecule has 0 bridgehead atoms. The molecule has 0 unspecified atom stereocenters. The van der Waals surface area contributed by atoms with Crippen LogP contribution in [-0.2, 0) is 23.8 Å². The Balaban J connectivity index is 1.64. The molecule has 1 aliphatic rings. The Morgan fingerprint density at radius 1 is 0.878 bits per heavy atom. The Morgan fingerprint density at radius 2 is 1.49 bits per heavy atom. The van der Waals surface area contributed by atoms with Crippen molar-refractivity contribution in [1.82, 2.24) is 19.8 Å². The molecule has 3 aromatic rings. The molecule has 1 aliphatic heterocycles. The number of carbonyl (C=O) groups excluding carboxylic acids is 3. The van der Waals surface area contributed by atoms with Crippen molar-refractivity contribution in [2.24, 2.45) is 4.99 Å². The van der Waals surface area contributed by atoms with Crippen LogP contribution in [0.15, 0.2) is 35.3 Å². The van der Waals surface area contributed by atoms with Crippen LogP contribution in [-0.4, -0.2) is 67.1 Å². The monoisotopic (exact) mass is 693 g/mol. The number of aryl methyl sites for hydroxylation is 2. The van der Waals surface area contributed by atoms with Gasteiger partial charge in [-0.15, -0.1) is 26.6 Å². The molecule has 264 valence electrons. The zero-order valence-corrected chi connectivity index (χ0v) is 31.3. The van der Waals surface area contributed by atoms with E-state index in [-0.39, 0.29) is 18.9 Å². The fourth-order valence-corrected chi connectivity index (χ4v) is 6.14. The summed E-state index contributed by atoms with van der Waals surface area (Å²) in [5, 5.41) is 10.6. The number of rotatable bonds is 6. The highest BCUT2D eigenvalue weighted by Crippen LogP contribution is 2.39. The van der Waals surface area contributed by atoms with Crippen LogP contribution >= 0.6 is 11.3 Å². The number of fused-ring (bicyclic) bond motifs is 3. The summed E-state index contributed by atoms with van der Waals surface area (Å²) in [6.45, 7) is 21.7. The zero-order chi connectivity index (χ0) is 36.5. The minimum absolute atomic E-state index is 0.00616. The Morgan fingerprint density at radius 3 is 2.08 bits per heavy atom. The molecule has 1 atom stereocenters. The van der Waals surface area contributed by atoms with E-state index >= 15 is 0 Å². The SMILES string of the molecule is Cc1sc2c(c1C)C(c1ccc(/C=C/CN(OC(=O)OC(C)(C)C)C(=O)OC(C)(C)C)cc1)=N[C@@H](CC(=O)OC(C)(C)C)c1nnc(C)n1-2. The number of esters is 1. The van der Waals surface area contributed by atoms with Crippen molar-refractivity contribution in [3.8, 4) is 5.00 Å². The second kappa shape index (κ2) is 14.1. The van der Waals surface area contributed by atoms with Gasteiger partial charge < -0.3 is 14.2 Å². The van der Waals surface area contributed by atoms with E-state index < -0.39 is 35.1 Å². The molecule has 4 rings (SSSR count). The maximum absolute atomic E-state index is 13.0. The van der Waals surface area contributed by atoms with Crippen LogP contribution in [0.5, 0.6) is 0 Å². The number of carbonyl (C=O) groups is 3. The second-order valence-electron chi connectivity index (χ2n) is 14.8. The molecule has 0 fully saturated rings. The lowest BCUT2D eigenvalue weighted by molar-refractivity contribution is -0.155. The van der Waals surface area contributed by atoms with Crippen molar-refractivity contribution < 1.29 is 33.4 Å². The highest BCUT2D eigenvalue weighted by molar-refractivity contribution is 7.15. The van der Waals surface area contributed by atoms with Crippen molar-refractivity contribution in [1.29, 1.82) is 0 Å². The minimum Gasteiger partial charge on any atom is -0.460 e. The van der Waals surface area contributed by atoms with Crippen molar-refractivity contribution in [3.05, 3.63) is 69.1 Å². The van der Waals surface area contributed by atoms with Gasteiger partial charge in [-0.1, -0.05) is 36.4 Å². The largest absolute Gasteiger partial charge is 0.534 e. The first-order chi connectivity index (χ1) is 22.6. The molecule has 3 heterocycles. The van der Waals surface area contributed by atoms with E-state index in [0.717, 1.165) is 42.9 Å². The molecular formula is C36H47N5O7S. The predicted octanol–water partition coefficient (Wildman–Crippen LogP) is 7.99. The smallest absolute Gasteiger partial charge is 0.460 e. The molecule has 2 aromatic heterocycles. The highest BCUT2D eigenvalue weighted by Gasteiger charge is 2.33. The van der Waals surface area contributed by atoms with Crippen LogP contribution in [0.4, 0.5) is 9.59 Å². The molecule has 0 spiro atoms. The summed E-state index contributed by atoms with van der Waals surface area (Å²) in [6, 6.07) is 7.15. The molecule has 0 N–H and O–H groups in total. The van der Waals surface area contributed by atoms with E-state index in [1.807, 2.05) is 56.5 Å². The van der Waals surface area contributed by atoms with E-state index in [2.05, 4.69) is 24.0 Å². The topological polar surface area (TPSA) is 134 Å². The fraction of sp³-hybridized carbons (Fsp3) is 0.500. The molecule has 49 heavy (non-hydrogen) atoms. The number of hydrogen-bond donors (Lipinski definition) is 0. The van der Waals surface area contributed by atoms with E-state index in [4.69, 9.17) is 24.0 Å². The number of thiophene rings is 1. The molecule has 12 nitrogen and oxygen atoms in total. The molecule has 1 aromatic carbocycles. The second-order valence-corrected chi connectivity index (χ2v) is 16.0. The average molecular weight is 694 g/mol. The Kier molecular flexibility index (Phi) is 10.8. The van der Waals surface area contributed by atoms with Gasteiger partial charge in [-0.3, -0.25) is 19.2 Å². The van der Waals surface area contributed by atoms with Crippen LogP contribution in [0.3, 0.4) is 0 Å². The van der Waals surface area contributed by atoms with Crippen molar-refractivity contribution in [2.45, 2.75) is 112 Å². The van der Waals surface area contributed by atoms with Gasteiger partial charge in [-0.2, -0.15) is 0 Å². The molecule has 1 amide bonds. The van der Waals surface area contributed by atoms with Gasteiger partial charge in [0.1, 0.15) is 33.7 Å². The molecule has 0 radical (unpaired) electrons.